The molecule has 0 spiro atoms. The van der Waals surface area contributed by atoms with E-state index < -0.39 is 5.91 Å². The molecule has 0 aliphatic heterocycles. The Hall–Kier alpha value is -3.61. The third kappa shape index (κ3) is 4.69. The van der Waals surface area contributed by atoms with E-state index in [1.807, 2.05) is 13.8 Å². The number of carbonyl (C=O) groups excluding carboxylic acids is 1. The number of aromatic nitrogens is 3. The number of rotatable bonds is 6. The van der Waals surface area contributed by atoms with E-state index in [1.165, 1.54) is 10.5 Å². The molecule has 9 heteroatoms. The van der Waals surface area contributed by atoms with Crippen molar-refractivity contribution in [3.8, 4) is 6.07 Å². The summed E-state index contributed by atoms with van der Waals surface area (Å²) in [5, 5.41) is 10.2. The first kappa shape index (κ1) is 23.5. The quantitative estimate of drug-likeness (QED) is 0.284. The van der Waals surface area contributed by atoms with Crippen LogP contribution in [0.2, 0.25) is 0 Å². The molecule has 0 fully saturated rings. The Balaban J connectivity index is 1.99. The van der Waals surface area contributed by atoms with E-state index in [0.717, 1.165) is 0 Å². The Morgan fingerprint density at radius 2 is 2.00 bits per heavy atom. The lowest BCUT2D eigenvalue weighted by molar-refractivity contribution is 0.0748. The summed E-state index contributed by atoms with van der Waals surface area (Å²) >= 11 is 3.38. The van der Waals surface area contributed by atoms with Crippen molar-refractivity contribution in [2.45, 2.75) is 32.9 Å². The highest BCUT2D eigenvalue weighted by atomic mass is 79.9. The van der Waals surface area contributed by atoms with Crippen LogP contribution in [0.25, 0.3) is 16.7 Å². The van der Waals surface area contributed by atoms with Crippen LogP contribution in [0.15, 0.2) is 69.0 Å². The second kappa shape index (κ2) is 10.1. The zero-order valence-electron chi connectivity index (χ0n) is 18.7. The zero-order chi connectivity index (χ0) is 24.2. The molecule has 0 saturated carbocycles. The molecule has 172 valence electrons. The van der Waals surface area contributed by atoms with Gasteiger partial charge in [0.2, 0.25) is 0 Å². The van der Waals surface area contributed by atoms with E-state index in [1.54, 1.807) is 53.2 Å². The van der Waals surface area contributed by atoms with Gasteiger partial charge >= 0.3 is 0 Å². The largest absolute Gasteiger partial charge is 0.379 e. The van der Waals surface area contributed by atoms with Crippen LogP contribution in [0.4, 0.5) is 0 Å². The first-order valence-electron chi connectivity index (χ1n) is 10.8. The van der Waals surface area contributed by atoms with Gasteiger partial charge in [-0.05, 0) is 66.5 Å². The number of ether oxygens (including phenoxy) is 1. The monoisotopic (exact) mass is 519 g/mol. The molecule has 0 saturated heterocycles. The maximum absolute atomic E-state index is 13.2. The van der Waals surface area contributed by atoms with Crippen molar-refractivity contribution in [1.82, 2.24) is 14.0 Å². The Bertz CT molecular complexity index is 1560. The van der Waals surface area contributed by atoms with Crippen molar-refractivity contribution >= 4 is 38.5 Å². The molecule has 4 aromatic rings. The first-order chi connectivity index (χ1) is 16.4. The van der Waals surface area contributed by atoms with Crippen LogP contribution < -0.4 is 11.0 Å². The van der Waals surface area contributed by atoms with Crippen LogP contribution in [0.5, 0.6) is 0 Å². The van der Waals surface area contributed by atoms with Crippen molar-refractivity contribution in [2.75, 3.05) is 6.61 Å². The maximum Gasteiger partial charge on any atom is 0.280 e. The SMILES string of the molecule is CC(C)OCCCn1c(=NC(=O)c2ccccc2Br)c(C#N)cc2c(=O)n3ccccc3nc21. The lowest BCUT2D eigenvalue weighted by Gasteiger charge is -2.14. The lowest BCUT2D eigenvalue weighted by Crippen LogP contribution is -2.30. The van der Waals surface area contributed by atoms with E-state index in [2.05, 4.69) is 32.0 Å². The minimum absolute atomic E-state index is 0.0695. The first-order valence-corrected chi connectivity index (χ1v) is 11.6. The van der Waals surface area contributed by atoms with Gasteiger partial charge in [-0.25, -0.2) is 4.98 Å². The molecular formula is C25H22BrN5O3. The Kier molecular flexibility index (Phi) is 7.01. The smallest absolute Gasteiger partial charge is 0.280 e. The van der Waals surface area contributed by atoms with Gasteiger partial charge in [0.05, 0.1) is 22.6 Å². The Morgan fingerprint density at radius 1 is 1.24 bits per heavy atom. The summed E-state index contributed by atoms with van der Waals surface area (Å²) < 4.78 is 9.36. The van der Waals surface area contributed by atoms with Crippen molar-refractivity contribution in [3.63, 3.8) is 0 Å². The zero-order valence-corrected chi connectivity index (χ0v) is 20.3. The second-order valence-electron chi connectivity index (χ2n) is 7.90. The van der Waals surface area contributed by atoms with Crippen molar-refractivity contribution < 1.29 is 9.53 Å². The molecule has 34 heavy (non-hydrogen) atoms. The van der Waals surface area contributed by atoms with Gasteiger partial charge in [-0.2, -0.15) is 10.3 Å². The van der Waals surface area contributed by atoms with Crippen LogP contribution in [0, 0.1) is 11.3 Å². The number of hydrogen-bond acceptors (Lipinski definition) is 5. The fourth-order valence-corrected chi connectivity index (χ4v) is 4.08. The molecule has 1 amide bonds. The number of nitriles is 1. The minimum Gasteiger partial charge on any atom is -0.379 e. The number of benzene rings is 1. The van der Waals surface area contributed by atoms with Crippen LogP contribution in [-0.4, -0.2) is 32.6 Å². The van der Waals surface area contributed by atoms with Gasteiger partial charge in [0.25, 0.3) is 11.5 Å². The van der Waals surface area contributed by atoms with E-state index in [-0.39, 0.29) is 28.1 Å². The summed E-state index contributed by atoms with van der Waals surface area (Å²) in [6.45, 7) is 4.72. The average Bonchev–Trinajstić information content (AvgIpc) is 2.83. The highest BCUT2D eigenvalue weighted by Crippen LogP contribution is 2.17. The molecule has 8 nitrogen and oxygen atoms in total. The fourth-order valence-electron chi connectivity index (χ4n) is 3.63. The lowest BCUT2D eigenvalue weighted by atomic mass is 10.2. The molecular weight excluding hydrogens is 498 g/mol. The molecule has 0 unspecified atom stereocenters. The highest BCUT2D eigenvalue weighted by Gasteiger charge is 2.16. The molecule has 0 radical (unpaired) electrons. The fraction of sp³-hybridized carbons (Fsp3) is 0.240. The summed E-state index contributed by atoms with van der Waals surface area (Å²) in [5.41, 5.74) is 1.17. The normalized spacial score (nSPS) is 11.9. The number of pyridine rings is 2. The third-order valence-electron chi connectivity index (χ3n) is 5.20. The molecule has 0 N–H and O–H groups in total. The highest BCUT2D eigenvalue weighted by molar-refractivity contribution is 9.10. The van der Waals surface area contributed by atoms with E-state index in [0.29, 0.717) is 40.9 Å². The van der Waals surface area contributed by atoms with Gasteiger partial charge < -0.3 is 9.30 Å². The summed E-state index contributed by atoms with van der Waals surface area (Å²) in [5.74, 6) is -0.506. The van der Waals surface area contributed by atoms with Gasteiger partial charge in [0, 0.05) is 23.8 Å². The standard InChI is InChI=1S/C25H22BrN5O3/c1-16(2)34-13-7-12-31-22(29-24(32)18-8-3-4-9-20(18)26)17(15-27)14-19-23(31)28-21-10-5-6-11-30(21)25(19)33/h3-6,8-11,14,16H,7,12-13H2,1-2H3. The number of nitrogens with zero attached hydrogens (tertiary/aromatic N) is 5. The number of halogens is 1. The third-order valence-corrected chi connectivity index (χ3v) is 5.89. The summed E-state index contributed by atoms with van der Waals surface area (Å²) in [6, 6.07) is 15.8. The van der Waals surface area contributed by atoms with Crippen molar-refractivity contribution in [3.05, 3.63) is 86.2 Å². The molecule has 3 heterocycles. The molecule has 1 aromatic carbocycles. The average molecular weight is 520 g/mol. The van der Waals surface area contributed by atoms with Crippen LogP contribution in [-0.2, 0) is 11.3 Å². The molecule has 0 atom stereocenters. The number of aryl methyl sites for hydroxylation is 1. The van der Waals surface area contributed by atoms with Crippen molar-refractivity contribution in [2.24, 2.45) is 4.99 Å². The van der Waals surface area contributed by atoms with Gasteiger partial charge in [0.15, 0.2) is 5.49 Å². The maximum atomic E-state index is 13.2. The summed E-state index contributed by atoms with van der Waals surface area (Å²) in [6.07, 6.45) is 2.28. The van der Waals surface area contributed by atoms with Gasteiger partial charge in [-0.15, -0.1) is 0 Å². The van der Waals surface area contributed by atoms with Crippen LogP contribution in [0.1, 0.15) is 36.2 Å². The Labute approximate surface area is 203 Å². The molecule has 4 rings (SSSR count). The molecule has 3 aromatic heterocycles. The van der Waals surface area contributed by atoms with E-state index in [4.69, 9.17) is 4.74 Å². The second-order valence-corrected chi connectivity index (χ2v) is 8.75. The number of fused-ring (bicyclic) bond motifs is 2. The Morgan fingerprint density at radius 3 is 2.74 bits per heavy atom. The summed E-state index contributed by atoms with van der Waals surface area (Å²) in [4.78, 5) is 35.3. The molecule has 0 aliphatic carbocycles. The summed E-state index contributed by atoms with van der Waals surface area (Å²) in [7, 11) is 0. The van der Waals surface area contributed by atoms with Crippen LogP contribution >= 0.6 is 15.9 Å². The predicted molar refractivity (Wildman–Crippen MR) is 131 cm³/mol. The molecule has 0 aliphatic rings. The van der Waals surface area contributed by atoms with Gasteiger partial charge in [0.1, 0.15) is 17.4 Å². The van der Waals surface area contributed by atoms with E-state index >= 15 is 0 Å². The number of carbonyl (C=O) groups is 1. The van der Waals surface area contributed by atoms with Gasteiger partial charge in [-0.1, -0.05) is 18.2 Å². The van der Waals surface area contributed by atoms with E-state index in [9.17, 15) is 14.9 Å². The molecule has 0 bridgehead atoms. The predicted octanol–water partition coefficient (Wildman–Crippen LogP) is 3.84. The van der Waals surface area contributed by atoms with Crippen molar-refractivity contribution in [1.29, 1.82) is 5.26 Å². The van der Waals surface area contributed by atoms with Gasteiger partial charge in [-0.3, -0.25) is 14.0 Å². The van der Waals surface area contributed by atoms with Crippen LogP contribution in [0.3, 0.4) is 0 Å². The topological polar surface area (TPSA) is 102 Å². The number of amides is 1. The number of hydrogen-bond donors (Lipinski definition) is 0. The minimum atomic E-state index is -0.506.